The van der Waals surface area contributed by atoms with Crippen molar-refractivity contribution in [3.8, 4) is 5.75 Å². The highest BCUT2D eigenvalue weighted by atomic mass is 35.5. The van der Waals surface area contributed by atoms with Gasteiger partial charge < -0.3 is 14.3 Å². The van der Waals surface area contributed by atoms with Gasteiger partial charge in [0.05, 0.1) is 11.1 Å². The minimum atomic E-state index is -0.633. The Hall–Kier alpha value is -2.01. The lowest BCUT2D eigenvalue weighted by Gasteiger charge is -2.12. The standard InChI is InChI=1S/C20H18Cl2O4/c1-11(23)7-16-12(2)15-8-17(22)19(9-18(15)26-20(16)24)25-10-13-3-5-14(21)6-4-13/h3-6,8-9,11,23H,7,10H2,1-2H3. The van der Waals surface area contributed by atoms with E-state index in [0.717, 1.165) is 16.5 Å². The van der Waals surface area contributed by atoms with E-state index in [1.54, 1.807) is 31.2 Å². The van der Waals surface area contributed by atoms with Crippen LogP contribution in [0.4, 0.5) is 0 Å². The molecule has 1 heterocycles. The Bertz CT molecular complexity index is 991. The van der Waals surface area contributed by atoms with Crippen molar-refractivity contribution >= 4 is 34.2 Å². The molecule has 1 atom stereocenters. The van der Waals surface area contributed by atoms with Gasteiger partial charge in [0.2, 0.25) is 0 Å². The van der Waals surface area contributed by atoms with Crippen LogP contribution in [0.15, 0.2) is 45.6 Å². The summed E-state index contributed by atoms with van der Waals surface area (Å²) in [6.07, 6.45) is -0.400. The summed E-state index contributed by atoms with van der Waals surface area (Å²) < 4.78 is 11.2. The number of halogens is 2. The Kier molecular flexibility index (Phi) is 5.56. The van der Waals surface area contributed by atoms with Crippen molar-refractivity contribution in [1.82, 2.24) is 0 Å². The van der Waals surface area contributed by atoms with Gasteiger partial charge in [-0.15, -0.1) is 0 Å². The molecule has 0 aliphatic rings. The molecule has 0 aliphatic carbocycles. The van der Waals surface area contributed by atoms with Gasteiger partial charge in [-0.05, 0) is 43.2 Å². The van der Waals surface area contributed by atoms with E-state index in [4.69, 9.17) is 32.4 Å². The zero-order chi connectivity index (χ0) is 18.8. The fourth-order valence-electron chi connectivity index (χ4n) is 2.77. The summed E-state index contributed by atoms with van der Waals surface area (Å²) in [5.41, 5.74) is 2.09. The van der Waals surface area contributed by atoms with E-state index in [-0.39, 0.29) is 6.42 Å². The number of hydrogen-bond donors (Lipinski definition) is 1. The molecule has 2 aromatic carbocycles. The van der Waals surface area contributed by atoms with Crippen LogP contribution < -0.4 is 10.4 Å². The number of aliphatic hydroxyl groups excluding tert-OH is 1. The summed E-state index contributed by atoms with van der Waals surface area (Å²) >= 11 is 12.2. The van der Waals surface area contributed by atoms with Gasteiger partial charge in [0, 0.05) is 28.5 Å². The zero-order valence-electron chi connectivity index (χ0n) is 14.4. The molecule has 0 fully saturated rings. The van der Waals surface area contributed by atoms with Crippen LogP contribution in [0.2, 0.25) is 10.0 Å². The van der Waals surface area contributed by atoms with Crippen LogP contribution in [0.25, 0.3) is 11.0 Å². The van der Waals surface area contributed by atoms with Crippen molar-refractivity contribution in [1.29, 1.82) is 0 Å². The third-order valence-electron chi connectivity index (χ3n) is 4.15. The van der Waals surface area contributed by atoms with Crippen LogP contribution in [-0.4, -0.2) is 11.2 Å². The van der Waals surface area contributed by atoms with Gasteiger partial charge in [-0.1, -0.05) is 35.3 Å². The van der Waals surface area contributed by atoms with Crippen LogP contribution in [0, 0.1) is 6.92 Å². The van der Waals surface area contributed by atoms with Crippen molar-refractivity contribution in [2.75, 3.05) is 0 Å². The summed E-state index contributed by atoms with van der Waals surface area (Å²) in [6, 6.07) is 10.6. The highest BCUT2D eigenvalue weighted by Crippen LogP contribution is 2.32. The Balaban J connectivity index is 1.94. The normalized spacial score (nSPS) is 12.3. The molecule has 0 amide bonds. The molecule has 6 heteroatoms. The van der Waals surface area contributed by atoms with Crippen LogP contribution >= 0.6 is 23.2 Å². The molecule has 1 N–H and O–H groups in total. The average Bonchev–Trinajstić information content (AvgIpc) is 2.59. The highest BCUT2D eigenvalue weighted by Gasteiger charge is 2.16. The fraction of sp³-hybridized carbons (Fsp3) is 0.250. The van der Waals surface area contributed by atoms with Crippen molar-refractivity contribution < 1.29 is 14.3 Å². The van der Waals surface area contributed by atoms with Gasteiger partial charge in [0.1, 0.15) is 17.9 Å². The Morgan fingerprint density at radius 2 is 1.88 bits per heavy atom. The van der Waals surface area contributed by atoms with E-state index < -0.39 is 11.7 Å². The Labute approximate surface area is 160 Å². The third-order valence-corrected chi connectivity index (χ3v) is 4.69. The molecule has 136 valence electrons. The monoisotopic (exact) mass is 392 g/mol. The van der Waals surface area contributed by atoms with Crippen molar-refractivity contribution in [2.24, 2.45) is 0 Å². The zero-order valence-corrected chi connectivity index (χ0v) is 15.9. The molecule has 0 bridgehead atoms. The van der Waals surface area contributed by atoms with E-state index in [1.165, 1.54) is 0 Å². The van der Waals surface area contributed by atoms with E-state index >= 15 is 0 Å². The molecule has 0 radical (unpaired) electrons. The predicted molar refractivity (Wildman–Crippen MR) is 103 cm³/mol. The molecule has 0 saturated carbocycles. The van der Waals surface area contributed by atoms with Crippen LogP contribution in [0.3, 0.4) is 0 Å². The second-order valence-corrected chi connectivity index (χ2v) is 7.08. The third kappa shape index (κ3) is 4.04. The first-order valence-corrected chi connectivity index (χ1v) is 8.92. The molecule has 0 spiro atoms. The molecule has 0 aliphatic heterocycles. The van der Waals surface area contributed by atoms with Gasteiger partial charge in [-0.25, -0.2) is 4.79 Å². The molecule has 3 rings (SSSR count). The molecule has 1 unspecified atom stereocenters. The molecule has 4 nitrogen and oxygen atoms in total. The summed E-state index contributed by atoms with van der Waals surface area (Å²) in [5, 5.41) is 11.4. The Morgan fingerprint density at radius 3 is 2.54 bits per heavy atom. The second-order valence-electron chi connectivity index (χ2n) is 6.24. The molecule has 1 aromatic heterocycles. The van der Waals surface area contributed by atoms with E-state index in [9.17, 15) is 9.90 Å². The maximum absolute atomic E-state index is 12.2. The minimum absolute atomic E-state index is 0.233. The first-order chi connectivity index (χ1) is 12.3. The number of aryl methyl sites for hydroxylation is 1. The lowest BCUT2D eigenvalue weighted by atomic mass is 10.0. The number of ether oxygens (including phenoxy) is 1. The first-order valence-electron chi connectivity index (χ1n) is 8.16. The number of aliphatic hydroxyl groups is 1. The first kappa shape index (κ1) is 18.8. The molecule has 0 saturated heterocycles. The van der Waals surface area contributed by atoms with E-state index in [0.29, 0.717) is 33.5 Å². The van der Waals surface area contributed by atoms with Crippen LogP contribution in [0.1, 0.15) is 23.6 Å². The van der Waals surface area contributed by atoms with E-state index in [1.807, 2.05) is 19.1 Å². The quantitative estimate of drug-likeness (QED) is 0.626. The predicted octanol–water partition coefficient (Wildman–Crippen LogP) is 4.91. The van der Waals surface area contributed by atoms with Crippen LogP contribution in [0.5, 0.6) is 5.75 Å². The largest absolute Gasteiger partial charge is 0.487 e. The average molecular weight is 393 g/mol. The number of fused-ring (bicyclic) bond motifs is 1. The maximum Gasteiger partial charge on any atom is 0.339 e. The van der Waals surface area contributed by atoms with Gasteiger partial charge in [-0.2, -0.15) is 0 Å². The molecule has 3 aromatic rings. The fourth-order valence-corrected chi connectivity index (χ4v) is 3.12. The van der Waals surface area contributed by atoms with Gasteiger partial charge >= 0.3 is 5.63 Å². The molecular weight excluding hydrogens is 375 g/mol. The van der Waals surface area contributed by atoms with Crippen molar-refractivity contribution in [3.63, 3.8) is 0 Å². The summed E-state index contributed by atoms with van der Waals surface area (Å²) in [6.45, 7) is 3.76. The summed E-state index contributed by atoms with van der Waals surface area (Å²) in [5.74, 6) is 0.431. The lowest BCUT2D eigenvalue weighted by Crippen LogP contribution is -2.16. The van der Waals surface area contributed by atoms with Gasteiger partial charge in [0.15, 0.2) is 0 Å². The SMILES string of the molecule is Cc1c(CC(C)O)c(=O)oc2cc(OCc3ccc(Cl)cc3)c(Cl)cc12. The molecular formula is C20H18Cl2O4. The number of benzene rings is 2. The lowest BCUT2D eigenvalue weighted by molar-refractivity contribution is 0.194. The van der Waals surface area contributed by atoms with E-state index in [2.05, 4.69) is 0 Å². The summed E-state index contributed by atoms with van der Waals surface area (Å²) in [7, 11) is 0. The second kappa shape index (κ2) is 7.70. The molecule has 26 heavy (non-hydrogen) atoms. The van der Waals surface area contributed by atoms with Crippen LogP contribution in [-0.2, 0) is 13.0 Å². The van der Waals surface area contributed by atoms with Crippen molar-refractivity contribution in [3.05, 3.63) is 73.6 Å². The highest BCUT2D eigenvalue weighted by molar-refractivity contribution is 6.32. The maximum atomic E-state index is 12.2. The topological polar surface area (TPSA) is 59.7 Å². The summed E-state index contributed by atoms with van der Waals surface area (Å²) in [4.78, 5) is 12.2. The van der Waals surface area contributed by atoms with Gasteiger partial charge in [0.25, 0.3) is 0 Å². The van der Waals surface area contributed by atoms with Crippen molar-refractivity contribution in [2.45, 2.75) is 33.0 Å². The number of rotatable bonds is 5. The smallest absolute Gasteiger partial charge is 0.339 e. The number of hydrogen-bond acceptors (Lipinski definition) is 4. The minimum Gasteiger partial charge on any atom is -0.487 e. The Morgan fingerprint density at radius 1 is 1.19 bits per heavy atom. The van der Waals surface area contributed by atoms with Gasteiger partial charge in [-0.3, -0.25) is 0 Å².